The fraction of sp³-hybridized carbons (Fsp3) is 0.286. The number of hydrogen-bond donors (Lipinski definition) is 2. The highest BCUT2D eigenvalue weighted by atomic mass is 32.2. The minimum Gasteiger partial charge on any atom is -0.361 e. The summed E-state index contributed by atoms with van der Waals surface area (Å²) >= 11 is 0. The highest BCUT2D eigenvalue weighted by Crippen LogP contribution is 2.20. The second kappa shape index (κ2) is 8.39. The molecule has 1 amide bonds. The van der Waals surface area contributed by atoms with Crippen LogP contribution in [-0.4, -0.2) is 31.3 Å². The quantitative estimate of drug-likeness (QED) is 0.625. The van der Waals surface area contributed by atoms with Gasteiger partial charge in [0.15, 0.2) is 0 Å². The third kappa shape index (κ3) is 5.44. The van der Waals surface area contributed by atoms with E-state index < -0.39 is 15.9 Å². The van der Waals surface area contributed by atoms with Crippen molar-refractivity contribution in [2.24, 2.45) is 0 Å². The molecule has 0 aliphatic carbocycles. The standard InChI is InChI=1S/C21H24N2O3S/c1-27(25,26)15-20(16-8-3-2-4-9-16)23-21(24)13-7-10-17-14-22-19-12-6-5-11-18(17)19/h2-6,8-9,11-12,14,20,22H,7,10,13,15H2,1H3,(H,23,24). The number of sulfone groups is 1. The van der Waals surface area contributed by atoms with E-state index in [9.17, 15) is 13.2 Å². The number of amides is 1. The van der Waals surface area contributed by atoms with Crippen LogP contribution in [-0.2, 0) is 21.1 Å². The van der Waals surface area contributed by atoms with E-state index in [2.05, 4.69) is 16.4 Å². The van der Waals surface area contributed by atoms with E-state index in [0.29, 0.717) is 12.8 Å². The monoisotopic (exact) mass is 384 g/mol. The van der Waals surface area contributed by atoms with Gasteiger partial charge in [0.2, 0.25) is 5.91 Å². The van der Waals surface area contributed by atoms with Crippen molar-refractivity contribution >= 4 is 26.6 Å². The summed E-state index contributed by atoms with van der Waals surface area (Å²) in [6.45, 7) is 0. The molecule has 6 heteroatoms. The predicted molar refractivity (Wildman–Crippen MR) is 108 cm³/mol. The van der Waals surface area contributed by atoms with Crippen LogP contribution in [0.1, 0.15) is 30.0 Å². The van der Waals surface area contributed by atoms with Gasteiger partial charge in [0.05, 0.1) is 11.8 Å². The van der Waals surface area contributed by atoms with Gasteiger partial charge < -0.3 is 10.3 Å². The average Bonchev–Trinajstić information content (AvgIpc) is 3.04. The highest BCUT2D eigenvalue weighted by Gasteiger charge is 2.19. The lowest BCUT2D eigenvalue weighted by Gasteiger charge is -2.18. The smallest absolute Gasteiger partial charge is 0.220 e. The third-order valence-electron chi connectivity index (χ3n) is 4.53. The molecule has 0 radical (unpaired) electrons. The van der Waals surface area contributed by atoms with Gasteiger partial charge in [-0.1, -0.05) is 48.5 Å². The van der Waals surface area contributed by atoms with Gasteiger partial charge in [-0.2, -0.15) is 0 Å². The van der Waals surface area contributed by atoms with Crippen LogP contribution in [0.4, 0.5) is 0 Å². The van der Waals surface area contributed by atoms with E-state index in [4.69, 9.17) is 0 Å². The first-order chi connectivity index (χ1) is 12.9. The lowest BCUT2D eigenvalue weighted by atomic mass is 10.1. The first-order valence-electron chi connectivity index (χ1n) is 8.99. The summed E-state index contributed by atoms with van der Waals surface area (Å²) in [5, 5.41) is 4.06. The number of nitrogens with one attached hydrogen (secondary N) is 2. The van der Waals surface area contributed by atoms with Gasteiger partial charge in [0.25, 0.3) is 0 Å². The normalized spacial score (nSPS) is 12.8. The Balaban J connectivity index is 1.59. The molecule has 0 aliphatic heterocycles. The summed E-state index contributed by atoms with van der Waals surface area (Å²) in [5.41, 5.74) is 3.08. The van der Waals surface area contributed by atoms with Gasteiger partial charge in [0.1, 0.15) is 9.84 Å². The Labute approximate surface area is 159 Å². The maximum absolute atomic E-state index is 12.4. The zero-order valence-electron chi connectivity index (χ0n) is 15.3. The summed E-state index contributed by atoms with van der Waals surface area (Å²) in [6, 6.07) is 16.8. The second-order valence-corrected chi connectivity index (χ2v) is 9.02. The SMILES string of the molecule is CS(=O)(=O)CC(NC(=O)CCCc1c[nH]c2ccccc12)c1ccccc1. The molecule has 0 aliphatic rings. The van der Waals surface area contributed by atoms with Crippen molar-refractivity contribution < 1.29 is 13.2 Å². The molecule has 27 heavy (non-hydrogen) atoms. The van der Waals surface area contributed by atoms with E-state index >= 15 is 0 Å². The molecule has 3 aromatic rings. The van der Waals surface area contributed by atoms with Crippen molar-refractivity contribution in [1.29, 1.82) is 0 Å². The fourth-order valence-electron chi connectivity index (χ4n) is 3.25. The van der Waals surface area contributed by atoms with Crippen LogP contribution in [0.3, 0.4) is 0 Å². The zero-order chi connectivity index (χ0) is 19.3. The van der Waals surface area contributed by atoms with Crippen molar-refractivity contribution in [3.05, 3.63) is 71.9 Å². The summed E-state index contributed by atoms with van der Waals surface area (Å²) in [6.07, 6.45) is 5.02. The molecule has 0 saturated carbocycles. The van der Waals surface area contributed by atoms with Crippen molar-refractivity contribution in [3.8, 4) is 0 Å². The van der Waals surface area contributed by atoms with E-state index in [1.54, 1.807) is 0 Å². The lowest BCUT2D eigenvalue weighted by molar-refractivity contribution is -0.121. The van der Waals surface area contributed by atoms with E-state index in [1.165, 1.54) is 17.2 Å². The number of aromatic nitrogens is 1. The van der Waals surface area contributed by atoms with Crippen LogP contribution in [0.5, 0.6) is 0 Å². The Morgan fingerprint density at radius 3 is 2.52 bits per heavy atom. The molecule has 3 rings (SSSR count). The maximum atomic E-state index is 12.4. The Morgan fingerprint density at radius 2 is 1.78 bits per heavy atom. The van der Waals surface area contributed by atoms with Crippen molar-refractivity contribution in [2.45, 2.75) is 25.3 Å². The molecule has 0 spiro atoms. The Bertz CT molecular complexity index is 1010. The van der Waals surface area contributed by atoms with E-state index in [1.807, 2.05) is 54.7 Å². The predicted octanol–water partition coefficient (Wildman–Crippen LogP) is 3.39. The number of carbonyl (C=O) groups is 1. The number of H-pyrrole nitrogens is 1. The van der Waals surface area contributed by atoms with Gasteiger partial charge >= 0.3 is 0 Å². The number of benzene rings is 2. The zero-order valence-corrected chi connectivity index (χ0v) is 16.1. The summed E-state index contributed by atoms with van der Waals surface area (Å²) in [5.74, 6) is -0.238. The number of hydrogen-bond acceptors (Lipinski definition) is 3. The molecule has 1 atom stereocenters. The minimum atomic E-state index is -3.22. The van der Waals surface area contributed by atoms with Crippen LogP contribution in [0.25, 0.3) is 10.9 Å². The summed E-state index contributed by atoms with van der Waals surface area (Å²) < 4.78 is 23.5. The molecular formula is C21H24N2O3S. The maximum Gasteiger partial charge on any atom is 0.220 e. The molecule has 0 bridgehead atoms. The van der Waals surface area contributed by atoms with Gasteiger partial charge in [0, 0.05) is 29.8 Å². The van der Waals surface area contributed by atoms with Gasteiger partial charge in [-0.15, -0.1) is 0 Å². The highest BCUT2D eigenvalue weighted by molar-refractivity contribution is 7.90. The number of aromatic amines is 1. The Hall–Kier alpha value is -2.60. The van der Waals surface area contributed by atoms with Crippen LogP contribution in [0, 0.1) is 0 Å². The molecule has 2 N–H and O–H groups in total. The van der Waals surface area contributed by atoms with Crippen molar-refractivity contribution in [1.82, 2.24) is 10.3 Å². The van der Waals surface area contributed by atoms with Crippen molar-refractivity contribution in [3.63, 3.8) is 0 Å². The minimum absolute atomic E-state index is 0.106. The largest absolute Gasteiger partial charge is 0.361 e. The summed E-state index contributed by atoms with van der Waals surface area (Å²) in [7, 11) is -3.22. The number of carbonyl (C=O) groups excluding carboxylic acids is 1. The van der Waals surface area contributed by atoms with E-state index in [0.717, 1.165) is 17.5 Å². The molecule has 2 aromatic carbocycles. The number of fused-ring (bicyclic) bond motifs is 1. The fourth-order valence-corrected chi connectivity index (χ4v) is 4.13. The first-order valence-corrected chi connectivity index (χ1v) is 11.1. The molecule has 0 fully saturated rings. The number of para-hydroxylation sites is 1. The van der Waals surface area contributed by atoms with E-state index in [-0.39, 0.29) is 11.7 Å². The second-order valence-electron chi connectivity index (χ2n) is 6.84. The van der Waals surface area contributed by atoms with Crippen LogP contribution < -0.4 is 5.32 Å². The van der Waals surface area contributed by atoms with Gasteiger partial charge in [-0.3, -0.25) is 4.79 Å². The van der Waals surface area contributed by atoms with Crippen molar-refractivity contribution in [2.75, 3.05) is 12.0 Å². The number of rotatable bonds is 8. The van der Waals surface area contributed by atoms with Crippen LogP contribution in [0.15, 0.2) is 60.8 Å². The third-order valence-corrected chi connectivity index (χ3v) is 5.47. The summed E-state index contributed by atoms with van der Waals surface area (Å²) in [4.78, 5) is 15.6. The van der Waals surface area contributed by atoms with Crippen LogP contribution >= 0.6 is 0 Å². The topological polar surface area (TPSA) is 79.0 Å². The molecular weight excluding hydrogens is 360 g/mol. The van der Waals surface area contributed by atoms with Gasteiger partial charge in [-0.25, -0.2) is 8.42 Å². The Morgan fingerprint density at radius 1 is 1.07 bits per heavy atom. The molecule has 142 valence electrons. The molecule has 1 heterocycles. The lowest BCUT2D eigenvalue weighted by Crippen LogP contribution is -2.32. The molecule has 1 aromatic heterocycles. The van der Waals surface area contributed by atoms with Gasteiger partial charge in [-0.05, 0) is 30.0 Å². The van der Waals surface area contributed by atoms with Crippen LogP contribution in [0.2, 0.25) is 0 Å². The first kappa shape index (κ1) is 19.2. The average molecular weight is 385 g/mol. The Kier molecular flexibility index (Phi) is 5.96. The number of aryl methyl sites for hydroxylation is 1. The molecule has 5 nitrogen and oxygen atoms in total. The molecule has 0 saturated heterocycles. The molecule has 1 unspecified atom stereocenters.